The third-order valence-corrected chi connectivity index (χ3v) is 6.43. The van der Waals surface area contributed by atoms with Crippen LogP contribution in [-0.2, 0) is 12.1 Å². The van der Waals surface area contributed by atoms with Crippen LogP contribution in [0.5, 0.6) is 0 Å². The maximum Gasteiger partial charge on any atom is 0.316 e. The van der Waals surface area contributed by atoms with E-state index in [0.29, 0.717) is 12.1 Å². The van der Waals surface area contributed by atoms with E-state index in [9.17, 15) is 15.2 Å². The fourth-order valence-corrected chi connectivity index (χ4v) is 4.89. The van der Waals surface area contributed by atoms with Crippen molar-refractivity contribution < 1.29 is 14.6 Å². The van der Waals surface area contributed by atoms with Crippen LogP contribution in [0.1, 0.15) is 24.5 Å². The molecule has 0 radical (unpaired) electrons. The second-order valence-corrected chi connectivity index (χ2v) is 7.93. The topological polar surface area (TPSA) is 69.6 Å². The maximum absolute atomic E-state index is 11.6. The average molecular weight is 384 g/mol. The number of amidine groups is 1. The Morgan fingerprint density at radius 3 is 2.56 bits per heavy atom. The van der Waals surface area contributed by atoms with Crippen LogP contribution in [-0.4, -0.2) is 38.6 Å². The maximum atomic E-state index is 11.6. The Hall–Kier alpha value is -2.38. The molecule has 2 aliphatic heterocycles. The summed E-state index contributed by atoms with van der Waals surface area (Å²) < 4.78 is 2.04. The molecular weight excluding hydrogens is 362 g/mol. The van der Waals surface area contributed by atoms with Crippen molar-refractivity contribution in [2.24, 2.45) is 0 Å². The Bertz CT molecular complexity index is 896. The molecule has 0 aliphatic carbocycles. The van der Waals surface area contributed by atoms with Crippen molar-refractivity contribution >= 4 is 28.3 Å². The fraction of sp³-hybridized carbons (Fsp3) is 0.350. The number of hydrogen-bond donors (Lipinski definition) is 1. The molecule has 0 fully saturated rings. The number of non-ortho nitro benzene ring substituents is 1. The van der Waals surface area contributed by atoms with Gasteiger partial charge in [0, 0.05) is 23.4 Å². The first kappa shape index (κ1) is 18.0. The fourth-order valence-electron chi connectivity index (χ4n) is 3.71. The van der Waals surface area contributed by atoms with E-state index < -0.39 is 10.6 Å². The summed E-state index contributed by atoms with van der Waals surface area (Å²) in [5.74, 6) is 1.02. The molecule has 0 bridgehead atoms. The number of β-amino-alcohol motifs (C(OH)–C–C–N with tert-alkyl or cyclic N) is 1. The van der Waals surface area contributed by atoms with Gasteiger partial charge in [-0.1, -0.05) is 19.1 Å². The lowest BCUT2D eigenvalue weighted by molar-refractivity contribution is -0.656. The molecule has 6 nitrogen and oxygen atoms in total. The molecule has 2 aromatic rings. The van der Waals surface area contributed by atoms with Gasteiger partial charge in [0.05, 0.1) is 11.5 Å². The third kappa shape index (κ3) is 3.11. The van der Waals surface area contributed by atoms with E-state index in [0.717, 1.165) is 36.0 Å². The Labute approximate surface area is 162 Å². The number of rotatable bonds is 4. The number of nitro benzene ring substituents is 1. The van der Waals surface area contributed by atoms with Gasteiger partial charge in [-0.05, 0) is 54.4 Å². The highest BCUT2D eigenvalue weighted by Gasteiger charge is 2.53. The molecule has 7 heteroatoms. The van der Waals surface area contributed by atoms with E-state index in [4.69, 9.17) is 0 Å². The molecule has 0 spiro atoms. The van der Waals surface area contributed by atoms with Crippen molar-refractivity contribution in [2.45, 2.75) is 25.5 Å². The summed E-state index contributed by atoms with van der Waals surface area (Å²) >= 11 is 1.75. The van der Waals surface area contributed by atoms with Crippen molar-refractivity contribution in [2.75, 3.05) is 23.7 Å². The lowest BCUT2D eigenvalue weighted by Crippen LogP contribution is -2.41. The third-order valence-electron chi connectivity index (χ3n) is 5.24. The van der Waals surface area contributed by atoms with Crippen LogP contribution in [0.3, 0.4) is 0 Å². The van der Waals surface area contributed by atoms with E-state index in [-0.39, 0.29) is 5.69 Å². The van der Waals surface area contributed by atoms with Crippen LogP contribution < -0.4 is 4.90 Å². The predicted octanol–water partition coefficient (Wildman–Crippen LogP) is 3.33. The normalized spacial score (nSPS) is 22.1. The van der Waals surface area contributed by atoms with Gasteiger partial charge < -0.3 is 5.11 Å². The molecule has 2 heterocycles. The van der Waals surface area contributed by atoms with Crippen LogP contribution in [0, 0.1) is 10.1 Å². The van der Waals surface area contributed by atoms with Gasteiger partial charge in [0.2, 0.25) is 0 Å². The van der Waals surface area contributed by atoms with Gasteiger partial charge >= 0.3 is 5.17 Å². The van der Waals surface area contributed by atoms with Crippen molar-refractivity contribution in [1.82, 2.24) is 0 Å². The average Bonchev–Trinajstić information content (AvgIpc) is 3.02. The highest BCUT2D eigenvalue weighted by molar-refractivity contribution is 8.13. The highest BCUT2D eigenvalue weighted by Crippen LogP contribution is 2.38. The predicted molar refractivity (Wildman–Crippen MR) is 107 cm³/mol. The Kier molecular flexibility index (Phi) is 4.65. The molecule has 1 atom stereocenters. The standard InChI is InChI=1S/C20H22N3O3S/c1-2-15-4-8-17(9-5-15)21-14-20(24,22-12-3-13-27-19(21)22)16-6-10-18(11-7-16)23(25)26/h4-11,24H,2-3,12-14H2,1H3/q+1/t20-/m0/s1. The summed E-state index contributed by atoms with van der Waals surface area (Å²) in [6.45, 7) is 3.30. The molecule has 0 unspecified atom stereocenters. The van der Waals surface area contributed by atoms with Crippen molar-refractivity contribution in [3.63, 3.8) is 0 Å². The minimum Gasteiger partial charge on any atom is -0.346 e. The number of nitro groups is 1. The highest BCUT2D eigenvalue weighted by atomic mass is 32.2. The molecule has 1 N–H and O–H groups in total. The van der Waals surface area contributed by atoms with E-state index in [1.54, 1.807) is 23.9 Å². The van der Waals surface area contributed by atoms with E-state index in [1.165, 1.54) is 17.7 Å². The van der Waals surface area contributed by atoms with E-state index in [2.05, 4.69) is 36.1 Å². The Balaban J connectivity index is 1.73. The molecule has 140 valence electrons. The van der Waals surface area contributed by atoms with Gasteiger partial charge in [0.1, 0.15) is 5.69 Å². The number of aliphatic hydroxyl groups is 1. The monoisotopic (exact) mass is 384 g/mol. The van der Waals surface area contributed by atoms with E-state index >= 15 is 0 Å². The molecule has 4 rings (SSSR count). The molecule has 0 aromatic heterocycles. The van der Waals surface area contributed by atoms with Crippen LogP contribution in [0.2, 0.25) is 0 Å². The first-order valence-electron chi connectivity index (χ1n) is 9.14. The van der Waals surface area contributed by atoms with Crippen molar-refractivity contribution in [1.29, 1.82) is 0 Å². The van der Waals surface area contributed by atoms with Gasteiger partial charge in [-0.15, -0.1) is 0 Å². The summed E-state index contributed by atoms with van der Waals surface area (Å²) in [5.41, 5.74) is 1.85. The molecular formula is C20H22N3O3S+. The number of nitrogens with zero attached hydrogens (tertiary/aromatic N) is 3. The first-order valence-corrected chi connectivity index (χ1v) is 10.1. The summed E-state index contributed by atoms with van der Waals surface area (Å²) in [6, 6.07) is 14.7. The summed E-state index contributed by atoms with van der Waals surface area (Å²) in [6.07, 6.45) is 1.98. The van der Waals surface area contributed by atoms with Gasteiger partial charge in [0.15, 0.2) is 6.54 Å². The van der Waals surface area contributed by atoms with Gasteiger partial charge in [0.25, 0.3) is 11.4 Å². The van der Waals surface area contributed by atoms with Crippen LogP contribution in [0.15, 0.2) is 48.5 Å². The Morgan fingerprint density at radius 1 is 1.22 bits per heavy atom. The molecule has 2 aromatic carbocycles. The summed E-state index contributed by atoms with van der Waals surface area (Å²) in [4.78, 5) is 12.7. The second-order valence-electron chi connectivity index (χ2n) is 6.86. The van der Waals surface area contributed by atoms with Crippen LogP contribution in [0.25, 0.3) is 0 Å². The molecule has 27 heavy (non-hydrogen) atoms. The lowest BCUT2D eigenvalue weighted by atomic mass is 10.0. The SMILES string of the molecule is CCc1ccc(N2C[C@](O)(c3ccc([N+](=O)[O-])cc3)[N+]3=C2SCCC3)cc1. The summed E-state index contributed by atoms with van der Waals surface area (Å²) in [7, 11) is 0. The largest absolute Gasteiger partial charge is 0.346 e. The number of hydrogen-bond acceptors (Lipinski definition) is 5. The number of anilines is 1. The molecule has 0 saturated carbocycles. The number of aryl methyl sites for hydroxylation is 1. The van der Waals surface area contributed by atoms with Crippen molar-refractivity contribution in [3.05, 3.63) is 69.8 Å². The molecule has 2 aliphatic rings. The minimum atomic E-state index is -1.19. The van der Waals surface area contributed by atoms with E-state index in [1.807, 2.05) is 4.58 Å². The van der Waals surface area contributed by atoms with Crippen LogP contribution in [0.4, 0.5) is 11.4 Å². The second kappa shape index (κ2) is 6.98. The quantitative estimate of drug-likeness (QED) is 0.497. The Morgan fingerprint density at radius 2 is 1.93 bits per heavy atom. The lowest BCUT2D eigenvalue weighted by Gasteiger charge is -2.24. The van der Waals surface area contributed by atoms with Crippen LogP contribution >= 0.6 is 11.8 Å². The zero-order chi connectivity index (χ0) is 19.0. The van der Waals surface area contributed by atoms with Crippen molar-refractivity contribution in [3.8, 4) is 0 Å². The van der Waals surface area contributed by atoms with Gasteiger partial charge in [-0.25, -0.2) is 9.48 Å². The first-order chi connectivity index (χ1) is 13.0. The number of benzene rings is 2. The molecule has 0 saturated heterocycles. The zero-order valence-corrected chi connectivity index (χ0v) is 16.0. The molecule has 0 amide bonds. The zero-order valence-electron chi connectivity index (χ0n) is 15.2. The smallest absolute Gasteiger partial charge is 0.316 e. The van der Waals surface area contributed by atoms with Gasteiger partial charge in [-0.2, -0.15) is 0 Å². The van der Waals surface area contributed by atoms with Gasteiger partial charge in [-0.3, -0.25) is 10.1 Å². The summed E-state index contributed by atoms with van der Waals surface area (Å²) in [5, 5.41) is 23.6. The minimum absolute atomic E-state index is 0.0320. The number of thioether (sulfide) groups is 1.